The van der Waals surface area contributed by atoms with Crippen LogP contribution in [0.25, 0.3) is 0 Å². The number of rotatable bonds is 5. The summed E-state index contributed by atoms with van der Waals surface area (Å²) >= 11 is 0. The molecule has 5 nitrogen and oxygen atoms in total. The molecule has 0 saturated heterocycles. The van der Waals surface area contributed by atoms with Crippen molar-refractivity contribution in [1.29, 1.82) is 0 Å². The van der Waals surface area contributed by atoms with Crippen molar-refractivity contribution in [3.05, 3.63) is 42.2 Å². The molecule has 2 rings (SSSR count). The van der Waals surface area contributed by atoms with Crippen molar-refractivity contribution in [1.82, 2.24) is 9.97 Å². The Kier molecular flexibility index (Phi) is 4.09. The summed E-state index contributed by atoms with van der Waals surface area (Å²) in [7, 11) is 0. The van der Waals surface area contributed by atoms with Gasteiger partial charge in [0, 0.05) is 30.7 Å². The molecule has 1 aromatic carbocycles. The summed E-state index contributed by atoms with van der Waals surface area (Å²) in [5, 5.41) is 3.11. The number of hydrogen-bond donors (Lipinski definition) is 2. The topological polar surface area (TPSA) is 73.1 Å². The first-order valence-corrected chi connectivity index (χ1v) is 5.76. The zero-order chi connectivity index (χ0) is 12.8. The maximum atomic E-state index is 5.45. The lowest BCUT2D eigenvalue weighted by atomic mass is 10.3. The molecule has 0 fully saturated rings. The van der Waals surface area contributed by atoms with Crippen molar-refractivity contribution in [3.8, 4) is 5.75 Å². The molecule has 1 heterocycles. The van der Waals surface area contributed by atoms with Gasteiger partial charge < -0.3 is 15.8 Å². The van der Waals surface area contributed by atoms with Crippen LogP contribution in [0, 0.1) is 6.92 Å². The number of ether oxygens (including phenoxy) is 1. The molecule has 18 heavy (non-hydrogen) atoms. The number of nitrogens with two attached hydrogens (primary N) is 1. The minimum absolute atomic E-state index is 0.499. The second-order valence-electron chi connectivity index (χ2n) is 3.87. The van der Waals surface area contributed by atoms with Crippen molar-refractivity contribution in [3.63, 3.8) is 0 Å². The van der Waals surface area contributed by atoms with Gasteiger partial charge in [-0.3, -0.25) is 0 Å². The molecule has 0 spiro atoms. The van der Waals surface area contributed by atoms with E-state index in [1.807, 2.05) is 31.2 Å². The highest BCUT2D eigenvalue weighted by atomic mass is 16.5. The molecule has 2 aromatic rings. The largest absolute Gasteiger partial charge is 0.492 e. The maximum Gasteiger partial charge on any atom is 0.227 e. The first-order chi connectivity index (χ1) is 8.78. The molecule has 0 aliphatic heterocycles. The lowest BCUT2D eigenvalue weighted by molar-refractivity contribution is 0.328. The smallest absolute Gasteiger partial charge is 0.227 e. The van der Waals surface area contributed by atoms with Crippen molar-refractivity contribution in [2.24, 2.45) is 5.73 Å². The van der Waals surface area contributed by atoms with Gasteiger partial charge in [0.1, 0.15) is 12.4 Å². The third kappa shape index (κ3) is 3.43. The van der Waals surface area contributed by atoms with Gasteiger partial charge in [-0.05, 0) is 24.6 Å². The molecule has 3 N–H and O–H groups in total. The van der Waals surface area contributed by atoms with Crippen LogP contribution < -0.4 is 15.8 Å². The van der Waals surface area contributed by atoms with Crippen molar-refractivity contribution in [2.75, 3.05) is 18.5 Å². The van der Waals surface area contributed by atoms with Gasteiger partial charge in [-0.15, -0.1) is 0 Å². The third-order valence-corrected chi connectivity index (χ3v) is 2.26. The summed E-state index contributed by atoms with van der Waals surface area (Å²) in [6.45, 7) is 2.95. The van der Waals surface area contributed by atoms with E-state index in [1.165, 1.54) is 0 Å². The van der Waals surface area contributed by atoms with E-state index < -0.39 is 0 Å². The molecule has 5 heteroatoms. The molecule has 0 aliphatic rings. The molecular formula is C13H16N4O. The van der Waals surface area contributed by atoms with E-state index in [2.05, 4.69) is 15.3 Å². The second kappa shape index (κ2) is 5.97. The highest BCUT2D eigenvalue weighted by molar-refractivity contribution is 5.55. The highest BCUT2D eigenvalue weighted by Gasteiger charge is 1.99. The summed E-state index contributed by atoms with van der Waals surface area (Å²) in [4.78, 5) is 8.36. The van der Waals surface area contributed by atoms with Crippen LogP contribution in [0.15, 0.2) is 36.7 Å². The Bertz CT molecular complexity index is 499. The summed E-state index contributed by atoms with van der Waals surface area (Å²) in [6.07, 6.45) is 3.54. The molecule has 0 unspecified atom stereocenters. The van der Waals surface area contributed by atoms with Crippen LogP contribution in [0.1, 0.15) is 5.56 Å². The van der Waals surface area contributed by atoms with E-state index in [1.54, 1.807) is 12.4 Å². The number of hydrogen-bond acceptors (Lipinski definition) is 5. The number of aryl methyl sites for hydroxylation is 1. The molecule has 0 bridgehead atoms. The number of benzene rings is 1. The predicted molar refractivity (Wildman–Crippen MR) is 71.0 cm³/mol. The first-order valence-electron chi connectivity index (χ1n) is 5.76. The Labute approximate surface area is 106 Å². The van der Waals surface area contributed by atoms with Crippen LogP contribution in [-0.2, 0) is 0 Å². The summed E-state index contributed by atoms with van der Waals surface area (Å²) in [5.74, 6) is 1.34. The standard InChI is InChI=1S/C13H16N4O/c1-10-8-15-13(16-9-10)17-11-3-2-4-12(7-11)18-6-5-14/h2-4,7-9H,5-6,14H2,1H3,(H,15,16,17). The molecule has 94 valence electrons. The first kappa shape index (κ1) is 12.3. The Morgan fingerprint density at radius 1 is 1.28 bits per heavy atom. The van der Waals surface area contributed by atoms with Gasteiger partial charge in [0.05, 0.1) is 0 Å². The van der Waals surface area contributed by atoms with E-state index >= 15 is 0 Å². The number of nitrogens with one attached hydrogen (secondary N) is 1. The fraction of sp³-hybridized carbons (Fsp3) is 0.231. The van der Waals surface area contributed by atoms with Gasteiger partial charge in [0.15, 0.2) is 0 Å². The van der Waals surface area contributed by atoms with Crippen LogP contribution in [0.3, 0.4) is 0 Å². The minimum atomic E-state index is 0.499. The quantitative estimate of drug-likeness (QED) is 0.840. The van der Waals surface area contributed by atoms with Crippen molar-refractivity contribution >= 4 is 11.6 Å². The predicted octanol–water partition coefficient (Wildman–Crippen LogP) is 1.87. The summed E-state index contributed by atoms with van der Waals surface area (Å²) in [5.41, 5.74) is 7.30. The normalized spacial score (nSPS) is 10.1. The second-order valence-corrected chi connectivity index (χ2v) is 3.87. The van der Waals surface area contributed by atoms with Gasteiger partial charge in [-0.2, -0.15) is 0 Å². The fourth-order valence-corrected chi connectivity index (χ4v) is 1.43. The Balaban J connectivity index is 2.06. The lowest BCUT2D eigenvalue weighted by Gasteiger charge is -2.08. The summed E-state index contributed by atoms with van der Waals surface area (Å²) < 4.78 is 5.45. The Hall–Kier alpha value is -2.14. The number of nitrogens with zero attached hydrogens (tertiary/aromatic N) is 2. The molecular weight excluding hydrogens is 228 g/mol. The highest BCUT2D eigenvalue weighted by Crippen LogP contribution is 2.19. The Morgan fingerprint density at radius 2 is 2.06 bits per heavy atom. The maximum absolute atomic E-state index is 5.45. The molecule has 0 atom stereocenters. The zero-order valence-corrected chi connectivity index (χ0v) is 10.3. The molecule has 0 radical (unpaired) electrons. The van der Waals surface area contributed by atoms with Gasteiger partial charge >= 0.3 is 0 Å². The monoisotopic (exact) mass is 244 g/mol. The molecule has 0 amide bonds. The lowest BCUT2D eigenvalue weighted by Crippen LogP contribution is -2.10. The van der Waals surface area contributed by atoms with Crippen LogP contribution >= 0.6 is 0 Å². The van der Waals surface area contributed by atoms with E-state index in [0.29, 0.717) is 19.1 Å². The summed E-state index contributed by atoms with van der Waals surface area (Å²) in [6, 6.07) is 7.61. The average molecular weight is 244 g/mol. The SMILES string of the molecule is Cc1cnc(Nc2cccc(OCCN)c2)nc1. The van der Waals surface area contributed by atoms with Crippen LogP contribution in [0.4, 0.5) is 11.6 Å². The van der Waals surface area contributed by atoms with Crippen LogP contribution in [-0.4, -0.2) is 23.1 Å². The number of aromatic nitrogens is 2. The van der Waals surface area contributed by atoms with E-state index in [4.69, 9.17) is 10.5 Å². The van der Waals surface area contributed by atoms with Crippen LogP contribution in [0.2, 0.25) is 0 Å². The van der Waals surface area contributed by atoms with Gasteiger partial charge in [0.25, 0.3) is 0 Å². The minimum Gasteiger partial charge on any atom is -0.492 e. The van der Waals surface area contributed by atoms with Crippen molar-refractivity contribution < 1.29 is 4.74 Å². The molecule has 0 aliphatic carbocycles. The molecule has 1 aromatic heterocycles. The average Bonchev–Trinajstić information content (AvgIpc) is 2.40. The van der Waals surface area contributed by atoms with Gasteiger partial charge in [-0.1, -0.05) is 6.07 Å². The van der Waals surface area contributed by atoms with Gasteiger partial charge in [0.2, 0.25) is 5.95 Å². The zero-order valence-electron chi connectivity index (χ0n) is 10.3. The van der Waals surface area contributed by atoms with E-state index in [0.717, 1.165) is 17.0 Å². The molecule has 0 saturated carbocycles. The number of anilines is 2. The Morgan fingerprint density at radius 3 is 2.78 bits per heavy atom. The third-order valence-electron chi connectivity index (χ3n) is 2.26. The fourth-order valence-electron chi connectivity index (χ4n) is 1.43. The van der Waals surface area contributed by atoms with Gasteiger partial charge in [-0.25, -0.2) is 9.97 Å². The van der Waals surface area contributed by atoms with Crippen LogP contribution in [0.5, 0.6) is 5.75 Å². The van der Waals surface area contributed by atoms with E-state index in [9.17, 15) is 0 Å². The van der Waals surface area contributed by atoms with Crippen molar-refractivity contribution in [2.45, 2.75) is 6.92 Å². The van der Waals surface area contributed by atoms with E-state index in [-0.39, 0.29) is 0 Å².